The van der Waals surface area contributed by atoms with Gasteiger partial charge >= 0.3 is 8.60 Å². The molecule has 0 saturated carbocycles. The maximum atomic E-state index is 7.23. The van der Waals surface area contributed by atoms with Crippen LogP contribution in [0.25, 0.3) is 0 Å². The maximum absolute atomic E-state index is 7.23. The third-order valence-electron chi connectivity index (χ3n) is 4.02. The molecule has 0 aromatic heterocycles. The van der Waals surface area contributed by atoms with Crippen molar-refractivity contribution in [3.8, 4) is 0 Å². The summed E-state index contributed by atoms with van der Waals surface area (Å²) >= 11 is 0. The highest BCUT2D eigenvalue weighted by molar-refractivity contribution is 7.38. The first kappa shape index (κ1) is 32.8. The highest BCUT2D eigenvalue weighted by Gasteiger charge is 1.90. The van der Waals surface area contributed by atoms with Gasteiger partial charge in [0.25, 0.3) is 0 Å². The molecular formula is C18H48N3O3P. The summed E-state index contributed by atoms with van der Waals surface area (Å²) in [4.78, 5) is 28.8. The molecule has 0 fully saturated rings. The third kappa shape index (κ3) is 36.0. The highest BCUT2D eigenvalue weighted by Crippen LogP contribution is 2.11. The Morgan fingerprint density at radius 1 is 0.400 bits per heavy atom. The highest BCUT2D eigenvalue weighted by atomic mass is 31.2. The number of hydrogen-bond donors (Lipinski definition) is 3. The molecule has 0 saturated heterocycles. The molecule has 0 aliphatic rings. The van der Waals surface area contributed by atoms with E-state index in [1.807, 2.05) is 0 Å². The zero-order valence-electron chi connectivity index (χ0n) is 18.5. The second kappa shape index (κ2) is 29.0. The molecule has 0 aromatic rings. The molecule has 0 aliphatic heterocycles. The van der Waals surface area contributed by atoms with Crippen LogP contribution in [-0.2, 0) is 0 Å². The lowest BCUT2D eigenvalue weighted by Crippen LogP contribution is -2.21. The number of rotatable bonds is 9. The van der Waals surface area contributed by atoms with Crippen molar-refractivity contribution in [3.63, 3.8) is 0 Å². The summed E-state index contributed by atoms with van der Waals surface area (Å²) in [7, 11) is -2.62. The summed E-state index contributed by atoms with van der Waals surface area (Å²) in [6.07, 6.45) is 0. The summed E-state index contributed by atoms with van der Waals surface area (Å²) in [5.41, 5.74) is 0. The number of nitrogens with zero attached hydrogens (tertiary/aromatic N) is 3. The van der Waals surface area contributed by atoms with E-state index < -0.39 is 8.60 Å². The fraction of sp³-hybridized carbons (Fsp3) is 1.00. The predicted molar refractivity (Wildman–Crippen MR) is 114 cm³/mol. The Morgan fingerprint density at radius 2 is 0.480 bits per heavy atom. The van der Waals surface area contributed by atoms with Gasteiger partial charge in [-0.15, -0.1) is 0 Å². The minimum Gasteiger partial charge on any atom is -0.328 e. The molecule has 6 nitrogen and oxygen atoms in total. The number of hydrogen-bond acceptors (Lipinski definition) is 6. The van der Waals surface area contributed by atoms with Crippen molar-refractivity contribution < 1.29 is 14.7 Å². The Bertz CT molecular complexity index is 154. The SMILES string of the molecule is CCN(CC)CC.CCN(CC)CC.CCN(CC)CC.OP(O)O. The van der Waals surface area contributed by atoms with Gasteiger partial charge in [0.15, 0.2) is 0 Å². The molecule has 0 atom stereocenters. The van der Waals surface area contributed by atoms with Crippen molar-refractivity contribution in [2.24, 2.45) is 0 Å². The van der Waals surface area contributed by atoms with Gasteiger partial charge in [0.2, 0.25) is 0 Å². The van der Waals surface area contributed by atoms with Crippen molar-refractivity contribution in [1.82, 2.24) is 14.7 Å². The largest absolute Gasteiger partial charge is 0.328 e. The maximum Gasteiger partial charge on any atom is 0.324 e. The molecule has 0 rings (SSSR count). The first-order valence-corrected chi connectivity index (χ1v) is 11.0. The molecular weight excluding hydrogens is 337 g/mol. The first-order valence-electron chi connectivity index (χ1n) is 9.81. The average molecular weight is 386 g/mol. The zero-order valence-corrected chi connectivity index (χ0v) is 19.4. The van der Waals surface area contributed by atoms with Crippen LogP contribution in [0.3, 0.4) is 0 Å². The predicted octanol–water partition coefficient (Wildman–Crippen LogP) is 3.23. The Hall–Kier alpha value is 0.190. The normalized spacial score (nSPS) is 10.1. The molecule has 25 heavy (non-hydrogen) atoms. The van der Waals surface area contributed by atoms with Crippen molar-refractivity contribution in [2.75, 3.05) is 58.9 Å². The molecule has 0 radical (unpaired) electrons. The van der Waals surface area contributed by atoms with E-state index in [0.29, 0.717) is 0 Å². The minimum absolute atomic E-state index is 1.19. The fourth-order valence-electron chi connectivity index (χ4n) is 2.01. The lowest BCUT2D eigenvalue weighted by atomic mass is 10.5. The van der Waals surface area contributed by atoms with E-state index in [1.54, 1.807) is 0 Å². The van der Waals surface area contributed by atoms with Crippen LogP contribution in [0, 0.1) is 0 Å². The van der Waals surface area contributed by atoms with Crippen LogP contribution < -0.4 is 0 Å². The van der Waals surface area contributed by atoms with Gasteiger partial charge in [-0.1, -0.05) is 62.3 Å². The Kier molecular flexibility index (Phi) is 38.0. The van der Waals surface area contributed by atoms with Gasteiger partial charge in [-0.2, -0.15) is 0 Å². The average Bonchev–Trinajstić information content (AvgIpc) is 2.60. The van der Waals surface area contributed by atoms with Gasteiger partial charge in [-0.05, 0) is 58.9 Å². The van der Waals surface area contributed by atoms with Gasteiger partial charge in [-0.25, -0.2) is 0 Å². The summed E-state index contributed by atoms with van der Waals surface area (Å²) < 4.78 is 0. The van der Waals surface area contributed by atoms with E-state index in [4.69, 9.17) is 14.7 Å². The monoisotopic (exact) mass is 385 g/mol. The molecule has 158 valence electrons. The quantitative estimate of drug-likeness (QED) is 0.529. The minimum atomic E-state index is -2.62. The molecule has 0 heterocycles. The van der Waals surface area contributed by atoms with Crippen molar-refractivity contribution >= 4 is 8.60 Å². The Morgan fingerprint density at radius 3 is 0.480 bits per heavy atom. The molecule has 0 aromatic carbocycles. The van der Waals surface area contributed by atoms with Crippen LogP contribution in [0.2, 0.25) is 0 Å². The molecule has 3 N–H and O–H groups in total. The molecule has 0 amide bonds. The smallest absolute Gasteiger partial charge is 0.324 e. The fourth-order valence-corrected chi connectivity index (χ4v) is 2.01. The van der Waals surface area contributed by atoms with Crippen LogP contribution in [0.5, 0.6) is 0 Å². The Labute approximate surface area is 159 Å². The van der Waals surface area contributed by atoms with E-state index in [-0.39, 0.29) is 0 Å². The lowest BCUT2D eigenvalue weighted by Gasteiger charge is -2.13. The summed E-state index contributed by atoms with van der Waals surface area (Å²) in [5.74, 6) is 0. The van der Waals surface area contributed by atoms with Crippen molar-refractivity contribution in [1.29, 1.82) is 0 Å². The summed E-state index contributed by atoms with van der Waals surface area (Å²) in [6.45, 7) is 30.4. The second-order valence-electron chi connectivity index (χ2n) is 5.13. The van der Waals surface area contributed by atoms with E-state index in [0.717, 1.165) is 0 Å². The third-order valence-corrected chi connectivity index (χ3v) is 4.02. The van der Waals surface area contributed by atoms with Crippen LogP contribution >= 0.6 is 8.60 Å². The van der Waals surface area contributed by atoms with Crippen LogP contribution in [0.4, 0.5) is 0 Å². The van der Waals surface area contributed by atoms with Crippen LogP contribution in [0.1, 0.15) is 62.3 Å². The van der Waals surface area contributed by atoms with E-state index in [2.05, 4.69) is 77.0 Å². The summed E-state index contributed by atoms with van der Waals surface area (Å²) in [5, 5.41) is 0. The van der Waals surface area contributed by atoms with Gasteiger partial charge in [0.05, 0.1) is 0 Å². The van der Waals surface area contributed by atoms with E-state index in [9.17, 15) is 0 Å². The molecule has 0 aliphatic carbocycles. The summed E-state index contributed by atoms with van der Waals surface area (Å²) in [6, 6.07) is 0. The lowest BCUT2D eigenvalue weighted by molar-refractivity contribution is 0.321. The van der Waals surface area contributed by atoms with E-state index >= 15 is 0 Å². The first-order chi connectivity index (χ1) is 11.8. The van der Waals surface area contributed by atoms with Gasteiger partial charge in [0, 0.05) is 0 Å². The topological polar surface area (TPSA) is 70.4 Å². The van der Waals surface area contributed by atoms with Gasteiger partial charge in [0.1, 0.15) is 0 Å². The zero-order chi connectivity index (χ0) is 20.7. The van der Waals surface area contributed by atoms with Gasteiger partial charge < -0.3 is 29.4 Å². The van der Waals surface area contributed by atoms with Crippen molar-refractivity contribution in [2.45, 2.75) is 62.3 Å². The van der Waals surface area contributed by atoms with Crippen LogP contribution in [0.15, 0.2) is 0 Å². The molecule has 7 heteroatoms. The molecule has 0 bridgehead atoms. The standard InChI is InChI=1S/3C6H15N.H3O3P/c3*1-4-7(5-2)6-3;1-4(2)3/h3*4-6H2,1-3H3;1-3H. The van der Waals surface area contributed by atoms with Crippen LogP contribution in [-0.4, -0.2) is 88.3 Å². The molecule has 0 unspecified atom stereocenters. The second-order valence-corrected chi connectivity index (χ2v) is 5.66. The Balaban J connectivity index is -0.000000120. The van der Waals surface area contributed by atoms with Gasteiger partial charge in [-0.3, -0.25) is 0 Å². The van der Waals surface area contributed by atoms with E-state index in [1.165, 1.54) is 58.9 Å². The van der Waals surface area contributed by atoms with Crippen molar-refractivity contribution in [3.05, 3.63) is 0 Å². The molecule has 0 spiro atoms.